The molecule has 1 aromatic heterocycles. The Balaban J connectivity index is 1.60. The summed E-state index contributed by atoms with van der Waals surface area (Å²) in [6, 6.07) is 6.80. The van der Waals surface area contributed by atoms with Crippen LogP contribution in [-0.2, 0) is 14.2 Å². The van der Waals surface area contributed by atoms with Crippen LogP contribution in [0.15, 0.2) is 23.2 Å². The minimum absolute atomic E-state index is 0.0764. The lowest BCUT2D eigenvalue weighted by atomic mass is 10.1. The first-order valence-corrected chi connectivity index (χ1v) is 10.7. The van der Waals surface area contributed by atoms with E-state index in [2.05, 4.69) is 28.5 Å². The first-order chi connectivity index (χ1) is 14.3. The first kappa shape index (κ1) is 18.9. The molecule has 2 aliphatic heterocycles. The highest BCUT2D eigenvalue weighted by Gasteiger charge is 2.28. The molecule has 3 heterocycles. The van der Waals surface area contributed by atoms with Gasteiger partial charge in [-0.05, 0) is 31.0 Å². The standard InChI is InChI=1S/C22H29N3O4/c26-22-21(19-14-27-8-7-23-19)18-11-16(24-15-3-1-2-4-15)5-6-20(18)25(22)17-12-28-9-10-29-13-17/h5-6,11,15,17,24,26H,1-4,7-10,12-14H2. The fourth-order valence-corrected chi connectivity index (χ4v) is 4.72. The third-order valence-corrected chi connectivity index (χ3v) is 6.13. The number of nitrogens with one attached hydrogen (secondary N) is 1. The van der Waals surface area contributed by atoms with Crippen LogP contribution < -0.4 is 5.32 Å². The van der Waals surface area contributed by atoms with E-state index < -0.39 is 0 Å². The quantitative estimate of drug-likeness (QED) is 0.826. The van der Waals surface area contributed by atoms with Gasteiger partial charge in [-0.25, -0.2) is 0 Å². The SMILES string of the molecule is Oc1c(C2=NCCOC2)c2cc(NC3CCCC3)ccc2n1C1COCCOC1. The molecule has 2 N–H and O–H groups in total. The number of fused-ring (bicyclic) bond motifs is 1. The zero-order valence-corrected chi connectivity index (χ0v) is 16.7. The molecule has 0 amide bonds. The first-order valence-electron chi connectivity index (χ1n) is 10.7. The van der Waals surface area contributed by atoms with Gasteiger partial charge in [-0.1, -0.05) is 12.8 Å². The van der Waals surface area contributed by atoms with Crippen molar-refractivity contribution >= 4 is 22.3 Å². The Morgan fingerprint density at radius 3 is 2.55 bits per heavy atom. The molecule has 0 unspecified atom stereocenters. The summed E-state index contributed by atoms with van der Waals surface area (Å²) in [5.41, 5.74) is 3.65. The predicted molar refractivity (Wildman–Crippen MR) is 112 cm³/mol. The van der Waals surface area contributed by atoms with Crippen molar-refractivity contribution < 1.29 is 19.3 Å². The van der Waals surface area contributed by atoms with Gasteiger partial charge in [0, 0.05) is 17.1 Å². The highest BCUT2D eigenvalue weighted by Crippen LogP contribution is 2.38. The van der Waals surface area contributed by atoms with E-state index in [0.717, 1.165) is 27.9 Å². The Morgan fingerprint density at radius 2 is 1.83 bits per heavy atom. The molecule has 29 heavy (non-hydrogen) atoms. The predicted octanol–water partition coefficient (Wildman–Crippen LogP) is 3.11. The molecule has 2 fully saturated rings. The van der Waals surface area contributed by atoms with Crippen molar-refractivity contribution in [2.24, 2.45) is 4.99 Å². The Bertz CT molecular complexity index is 893. The number of nitrogens with zero attached hydrogens (tertiary/aromatic N) is 2. The smallest absolute Gasteiger partial charge is 0.201 e. The van der Waals surface area contributed by atoms with Crippen LogP contribution in [0.1, 0.15) is 37.3 Å². The molecule has 0 atom stereocenters. The molecule has 3 aliphatic rings. The fraction of sp³-hybridized carbons (Fsp3) is 0.591. The zero-order chi connectivity index (χ0) is 19.6. The third-order valence-electron chi connectivity index (χ3n) is 6.13. The molecule has 5 rings (SSSR count). The summed E-state index contributed by atoms with van der Waals surface area (Å²) in [6.45, 7) is 3.87. The lowest BCUT2D eigenvalue weighted by Crippen LogP contribution is -2.20. The maximum atomic E-state index is 11.3. The second-order valence-corrected chi connectivity index (χ2v) is 8.11. The fourth-order valence-electron chi connectivity index (χ4n) is 4.72. The van der Waals surface area contributed by atoms with Crippen LogP contribution >= 0.6 is 0 Å². The van der Waals surface area contributed by atoms with Crippen LogP contribution in [0, 0.1) is 0 Å². The molecular formula is C22H29N3O4. The lowest BCUT2D eigenvalue weighted by Gasteiger charge is -2.19. The molecule has 156 valence electrons. The van der Waals surface area contributed by atoms with Gasteiger partial charge in [0.2, 0.25) is 5.88 Å². The molecule has 0 radical (unpaired) electrons. The van der Waals surface area contributed by atoms with Gasteiger partial charge in [-0.2, -0.15) is 0 Å². The van der Waals surface area contributed by atoms with Crippen LogP contribution in [0.25, 0.3) is 10.9 Å². The van der Waals surface area contributed by atoms with E-state index in [4.69, 9.17) is 14.2 Å². The number of benzene rings is 1. The van der Waals surface area contributed by atoms with Gasteiger partial charge in [0.1, 0.15) is 0 Å². The molecule has 1 aliphatic carbocycles. The number of hydrogen-bond acceptors (Lipinski definition) is 6. The number of hydrogen-bond donors (Lipinski definition) is 2. The highest BCUT2D eigenvalue weighted by atomic mass is 16.5. The van der Waals surface area contributed by atoms with Crippen molar-refractivity contribution in [2.75, 3.05) is 51.5 Å². The van der Waals surface area contributed by atoms with E-state index in [1.54, 1.807) is 0 Å². The van der Waals surface area contributed by atoms with E-state index in [0.29, 0.717) is 52.2 Å². The molecule has 7 nitrogen and oxygen atoms in total. The van der Waals surface area contributed by atoms with E-state index in [9.17, 15) is 5.11 Å². The van der Waals surface area contributed by atoms with Crippen LogP contribution in [0.4, 0.5) is 5.69 Å². The second-order valence-electron chi connectivity index (χ2n) is 8.11. The second kappa shape index (κ2) is 8.34. The summed E-state index contributed by atoms with van der Waals surface area (Å²) < 4.78 is 19.0. The molecule has 7 heteroatoms. The van der Waals surface area contributed by atoms with Crippen LogP contribution in [0.3, 0.4) is 0 Å². The molecule has 0 spiro atoms. The normalized spacial score (nSPS) is 22.0. The lowest BCUT2D eigenvalue weighted by molar-refractivity contribution is 0.103. The Hall–Kier alpha value is -2.09. The summed E-state index contributed by atoms with van der Waals surface area (Å²) in [7, 11) is 0. The van der Waals surface area contributed by atoms with Crippen molar-refractivity contribution in [3.8, 4) is 5.88 Å². The van der Waals surface area contributed by atoms with Gasteiger partial charge in [0.25, 0.3) is 0 Å². The Morgan fingerprint density at radius 1 is 1.03 bits per heavy atom. The highest BCUT2D eigenvalue weighted by molar-refractivity contribution is 6.14. The topological polar surface area (TPSA) is 77.2 Å². The number of aliphatic imine (C=N–C) groups is 1. The van der Waals surface area contributed by atoms with Crippen molar-refractivity contribution in [2.45, 2.75) is 37.8 Å². The summed E-state index contributed by atoms with van der Waals surface area (Å²) in [5, 5.41) is 15.9. The Labute approximate surface area is 170 Å². The van der Waals surface area contributed by atoms with E-state index in [-0.39, 0.29) is 11.9 Å². The van der Waals surface area contributed by atoms with E-state index in [1.807, 2.05) is 4.57 Å². The number of aromatic hydroxyl groups is 1. The van der Waals surface area contributed by atoms with E-state index in [1.165, 1.54) is 25.7 Å². The van der Waals surface area contributed by atoms with Gasteiger partial charge in [0.15, 0.2) is 0 Å². The van der Waals surface area contributed by atoms with Gasteiger partial charge in [0.05, 0.1) is 69.0 Å². The van der Waals surface area contributed by atoms with Gasteiger partial charge in [-0.15, -0.1) is 0 Å². The average Bonchev–Trinajstić information content (AvgIpc) is 3.25. The monoisotopic (exact) mass is 399 g/mol. The molecule has 0 bridgehead atoms. The number of aromatic nitrogens is 1. The summed E-state index contributed by atoms with van der Waals surface area (Å²) in [6.07, 6.45) is 5.01. The maximum Gasteiger partial charge on any atom is 0.201 e. The number of anilines is 1. The minimum Gasteiger partial charge on any atom is -0.494 e. The van der Waals surface area contributed by atoms with Crippen molar-refractivity contribution in [3.63, 3.8) is 0 Å². The largest absolute Gasteiger partial charge is 0.494 e. The van der Waals surface area contributed by atoms with Gasteiger partial charge in [-0.3, -0.25) is 4.99 Å². The average molecular weight is 399 g/mol. The molecule has 1 aromatic carbocycles. The molecule has 1 saturated carbocycles. The molecule has 1 saturated heterocycles. The number of rotatable bonds is 4. The van der Waals surface area contributed by atoms with E-state index >= 15 is 0 Å². The molecular weight excluding hydrogens is 370 g/mol. The summed E-state index contributed by atoms with van der Waals surface area (Å²) in [4.78, 5) is 4.66. The van der Waals surface area contributed by atoms with Crippen LogP contribution in [0.2, 0.25) is 0 Å². The minimum atomic E-state index is -0.0764. The maximum absolute atomic E-state index is 11.3. The van der Waals surface area contributed by atoms with Gasteiger partial charge >= 0.3 is 0 Å². The summed E-state index contributed by atoms with van der Waals surface area (Å²) >= 11 is 0. The van der Waals surface area contributed by atoms with Crippen LogP contribution in [-0.4, -0.2) is 67.6 Å². The third kappa shape index (κ3) is 3.74. The Kier molecular flexibility index (Phi) is 5.44. The number of ether oxygens (including phenoxy) is 3. The van der Waals surface area contributed by atoms with Crippen molar-refractivity contribution in [3.05, 3.63) is 23.8 Å². The zero-order valence-electron chi connectivity index (χ0n) is 16.7. The van der Waals surface area contributed by atoms with Crippen LogP contribution in [0.5, 0.6) is 5.88 Å². The van der Waals surface area contributed by atoms with Gasteiger partial charge < -0.3 is 29.2 Å². The van der Waals surface area contributed by atoms with Crippen molar-refractivity contribution in [1.82, 2.24) is 4.57 Å². The molecule has 2 aromatic rings. The van der Waals surface area contributed by atoms with Crippen molar-refractivity contribution in [1.29, 1.82) is 0 Å². The summed E-state index contributed by atoms with van der Waals surface area (Å²) in [5.74, 6) is 0.223.